The van der Waals surface area contributed by atoms with Crippen molar-refractivity contribution in [3.05, 3.63) is 0 Å². The monoisotopic (exact) mass is 835 g/mol. The van der Waals surface area contributed by atoms with E-state index in [4.69, 9.17) is 14.2 Å². The predicted octanol–water partition coefficient (Wildman–Crippen LogP) is 16.9. The third-order valence-electron chi connectivity index (χ3n) is 12.0. The van der Waals surface area contributed by atoms with Gasteiger partial charge in [0.05, 0.1) is 0 Å². The SMILES string of the molecule is CCCCCCCCCCCCCCCCCC(=O)OC[C@@H](COC(=O)CCCCCCCCCCCCCCCCC(C)C)OC(=O)CCCCCCCCC(C)C. The molecule has 0 aromatic carbocycles. The van der Waals surface area contributed by atoms with Gasteiger partial charge in [-0.05, 0) is 31.1 Å². The lowest BCUT2D eigenvalue weighted by atomic mass is 10.0. The first kappa shape index (κ1) is 57.4. The van der Waals surface area contributed by atoms with Crippen molar-refractivity contribution in [3.63, 3.8) is 0 Å². The second-order valence-corrected chi connectivity index (χ2v) is 19.1. The second-order valence-electron chi connectivity index (χ2n) is 19.1. The van der Waals surface area contributed by atoms with Gasteiger partial charge in [-0.2, -0.15) is 0 Å². The zero-order chi connectivity index (χ0) is 43.3. The second kappa shape index (κ2) is 45.9. The van der Waals surface area contributed by atoms with Crippen LogP contribution in [0.4, 0.5) is 0 Å². The van der Waals surface area contributed by atoms with Crippen LogP contribution in [-0.2, 0) is 28.6 Å². The summed E-state index contributed by atoms with van der Waals surface area (Å²) in [5, 5.41) is 0. The molecule has 0 aliphatic carbocycles. The van der Waals surface area contributed by atoms with Crippen LogP contribution in [-0.4, -0.2) is 37.2 Å². The van der Waals surface area contributed by atoms with Gasteiger partial charge < -0.3 is 14.2 Å². The first-order valence-electron chi connectivity index (χ1n) is 26.2. The molecular formula is C53H102O6. The Morgan fingerprint density at radius 3 is 0.831 bits per heavy atom. The quantitative estimate of drug-likeness (QED) is 0.0345. The lowest BCUT2D eigenvalue weighted by Crippen LogP contribution is -2.30. The highest BCUT2D eigenvalue weighted by atomic mass is 16.6. The Morgan fingerprint density at radius 1 is 0.322 bits per heavy atom. The van der Waals surface area contributed by atoms with E-state index in [0.717, 1.165) is 69.6 Å². The summed E-state index contributed by atoms with van der Waals surface area (Å²) >= 11 is 0. The third kappa shape index (κ3) is 47.3. The maximum absolute atomic E-state index is 12.7. The van der Waals surface area contributed by atoms with Gasteiger partial charge in [0.2, 0.25) is 0 Å². The number of carbonyl (C=O) groups is 3. The van der Waals surface area contributed by atoms with Gasteiger partial charge in [-0.1, -0.05) is 253 Å². The van der Waals surface area contributed by atoms with Crippen LogP contribution >= 0.6 is 0 Å². The summed E-state index contributed by atoms with van der Waals surface area (Å²) in [6, 6.07) is 0. The van der Waals surface area contributed by atoms with Crippen LogP contribution in [0.25, 0.3) is 0 Å². The molecule has 59 heavy (non-hydrogen) atoms. The summed E-state index contributed by atoms with van der Waals surface area (Å²) in [5.74, 6) is 0.751. The summed E-state index contributed by atoms with van der Waals surface area (Å²) < 4.78 is 16.8. The number of esters is 3. The van der Waals surface area contributed by atoms with Gasteiger partial charge in [0.15, 0.2) is 6.10 Å². The predicted molar refractivity (Wildman–Crippen MR) is 252 cm³/mol. The summed E-state index contributed by atoms with van der Waals surface area (Å²) in [6.07, 6.45) is 46.8. The number of rotatable bonds is 47. The smallest absolute Gasteiger partial charge is 0.306 e. The number of hydrogen-bond acceptors (Lipinski definition) is 6. The molecule has 0 aliphatic rings. The minimum atomic E-state index is -0.762. The summed E-state index contributed by atoms with van der Waals surface area (Å²) in [7, 11) is 0. The Bertz CT molecular complexity index is 900. The van der Waals surface area contributed by atoms with Crippen molar-refractivity contribution in [1.82, 2.24) is 0 Å². The minimum absolute atomic E-state index is 0.0646. The number of ether oxygens (including phenoxy) is 3. The number of unbranched alkanes of at least 4 members (excludes halogenated alkanes) is 32. The fourth-order valence-electron chi connectivity index (χ4n) is 7.99. The molecule has 350 valence electrons. The molecule has 0 saturated carbocycles. The van der Waals surface area contributed by atoms with Crippen LogP contribution in [0.2, 0.25) is 0 Å². The van der Waals surface area contributed by atoms with Gasteiger partial charge in [0.1, 0.15) is 13.2 Å². The van der Waals surface area contributed by atoms with E-state index in [9.17, 15) is 14.4 Å². The van der Waals surface area contributed by atoms with E-state index in [1.807, 2.05) is 0 Å². The van der Waals surface area contributed by atoms with Crippen LogP contribution < -0.4 is 0 Å². The summed E-state index contributed by atoms with van der Waals surface area (Å²) in [6.45, 7) is 11.3. The molecule has 0 N–H and O–H groups in total. The highest BCUT2D eigenvalue weighted by molar-refractivity contribution is 5.71. The standard InChI is InChI=1S/C53H102O6/c1-6-7-8-9-10-11-12-13-14-18-21-24-27-33-38-43-51(54)57-46-50(59-53(56)45-40-35-30-29-32-37-42-49(4)5)47-58-52(55)44-39-34-28-25-22-19-16-15-17-20-23-26-31-36-41-48(2)3/h48-50H,6-47H2,1-5H3/t50-/m0/s1. The molecule has 0 unspecified atom stereocenters. The van der Waals surface area contributed by atoms with E-state index in [2.05, 4.69) is 34.6 Å². The van der Waals surface area contributed by atoms with Gasteiger partial charge in [0, 0.05) is 19.3 Å². The van der Waals surface area contributed by atoms with Gasteiger partial charge in [-0.3, -0.25) is 14.4 Å². The van der Waals surface area contributed by atoms with Gasteiger partial charge in [0.25, 0.3) is 0 Å². The van der Waals surface area contributed by atoms with Crippen molar-refractivity contribution in [2.45, 2.75) is 298 Å². The fourth-order valence-corrected chi connectivity index (χ4v) is 7.99. The van der Waals surface area contributed by atoms with Crippen LogP contribution in [0.5, 0.6) is 0 Å². The molecule has 0 heterocycles. The normalized spacial score (nSPS) is 12.1. The fraction of sp³-hybridized carbons (Fsp3) is 0.943. The molecule has 0 amide bonds. The lowest BCUT2D eigenvalue weighted by molar-refractivity contribution is -0.167. The first-order chi connectivity index (χ1) is 28.7. The molecule has 6 nitrogen and oxygen atoms in total. The Balaban J connectivity index is 4.23. The van der Waals surface area contributed by atoms with Crippen molar-refractivity contribution >= 4 is 17.9 Å². The lowest BCUT2D eigenvalue weighted by Gasteiger charge is -2.18. The zero-order valence-corrected chi connectivity index (χ0v) is 40.4. The average molecular weight is 835 g/mol. The van der Waals surface area contributed by atoms with Crippen LogP contribution in [0, 0.1) is 11.8 Å². The maximum atomic E-state index is 12.7. The maximum Gasteiger partial charge on any atom is 0.306 e. The summed E-state index contributed by atoms with van der Waals surface area (Å²) in [5.41, 5.74) is 0. The van der Waals surface area contributed by atoms with E-state index in [1.54, 1.807) is 0 Å². The highest BCUT2D eigenvalue weighted by Gasteiger charge is 2.19. The molecule has 0 bridgehead atoms. The number of hydrogen-bond donors (Lipinski definition) is 0. The van der Waals surface area contributed by atoms with E-state index >= 15 is 0 Å². The Kier molecular flexibility index (Phi) is 44.7. The molecule has 0 rings (SSSR count). The van der Waals surface area contributed by atoms with Crippen LogP contribution in [0.3, 0.4) is 0 Å². The van der Waals surface area contributed by atoms with Crippen LogP contribution in [0.15, 0.2) is 0 Å². The van der Waals surface area contributed by atoms with E-state index in [-0.39, 0.29) is 31.1 Å². The zero-order valence-electron chi connectivity index (χ0n) is 40.4. The van der Waals surface area contributed by atoms with E-state index < -0.39 is 6.10 Å². The Morgan fingerprint density at radius 2 is 0.559 bits per heavy atom. The molecule has 0 aromatic rings. The minimum Gasteiger partial charge on any atom is -0.462 e. The van der Waals surface area contributed by atoms with Crippen molar-refractivity contribution in [2.75, 3.05) is 13.2 Å². The van der Waals surface area contributed by atoms with Gasteiger partial charge in [-0.25, -0.2) is 0 Å². The molecule has 0 aromatic heterocycles. The van der Waals surface area contributed by atoms with Crippen molar-refractivity contribution in [3.8, 4) is 0 Å². The van der Waals surface area contributed by atoms with Crippen molar-refractivity contribution < 1.29 is 28.6 Å². The summed E-state index contributed by atoms with van der Waals surface area (Å²) in [4.78, 5) is 37.9. The molecular weight excluding hydrogens is 733 g/mol. The van der Waals surface area contributed by atoms with E-state index in [0.29, 0.717) is 19.3 Å². The highest BCUT2D eigenvalue weighted by Crippen LogP contribution is 2.17. The number of carbonyl (C=O) groups excluding carboxylic acids is 3. The molecule has 0 saturated heterocycles. The molecule has 1 atom stereocenters. The Labute approximate surface area is 368 Å². The average Bonchev–Trinajstić information content (AvgIpc) is 3.20. The first-order valence-corrected chi connectivity index (χ1v) is 26.2. The van der Waals surface area contributed by atoms with Crippen LogP contribution in [0.1, 0.15) is 291 Å². The van der Waals surface area contributed by atoms with E-state index in [1.165, 1.54) is 180 Å². The van der Waals surface area contributed by atoms with Gasteiger partial charge in [-0.15, -0.1) is 0 Å². The Hall–Kier alpha value is -1.59. The third-order valence-corrected chi connectivity index (χ3v) is 12.0. The largest absolute Gasteiger partial charge is 0.462 e. The molecule has 0 aliphatic heterocycles. The van der Waals surface area contributed by atoms with Crippen molar-refractivity contribution in [2.24, 2.45) is 11.8 Å². The van der Waals surface area contributed by atoms with Gasteiger partial charge >= 0.3 is 17.9 Å². The molecule has 6 heteroatoms. The molecule has 0 radical (unpaired) electrons. The topological polar surface area (TPSA) is 78.9 Å². The van der Waals surface area contributed by atoms with Crippen molar-refractivity contribution in [1.29, 1.82) is 0 Å². The molecule has 0 fully saturated rings. The molecule has 0 spiro atoms.